The van der Waals surface area contributed by atoms with E-state index in [-0.39, 0.29) is 11.5 Å². The first-order valence-corrected chi connectivity index (χ1v) is 9.87. The van der Waals surface area contributed by atoms with Gasteiger partial charge < -0.3 is 14.9 Å². The Morgan fingerprint density at radius 1 is 0.897 bits per heavy atom. The van der Waals surface area contributed by atoms with Crippen LogP contribution in [0.3, 0.4) is 0 Å². The number of phenolic OH excluding ortho intramolecular Hbond substituents is 2. The fourth-order valence-electron chi connectivity index (χ4n) is 3.24. The van der Waals surface area contributed by atoms with Crippen molar-refractivity contribution in [3.63, 3.8) is 0 Å². The van der Waals surface area contributed by atoms with Crippen molar-refractivity contribution in [3.05, 3.63) is 89.2 Å². The molecular formula is C24H22ClFO3. The molecule has 150 valence electrons. The maximum absolute atomic E-state index is 14.0. The highest BCUT2D eigenvalue weighted by atomic mass is 35.5. The molecule has 2 N–H and O–H groups in total. The van der Waals surface area contributed by atoms with E-state index in [0.717, 1.165) is 22.3 Å². The zero-order chi connectivity index (χ0) is 20.8. The molecule has 0 bridgehead atoms. The Labute approximate surface area is 174 Å². The molecule has 0 unspecified atom stereocenters. The quantitative estimate of drug-likeness (QED) is 0.357. The highest BCUT2D eigenvalue weighted by Gasteiger charge is 2.15. The highest BCUT2D eigenvalue weighted by Crippen LogP contribution is 2.36. The number of benzene rings is 3. The average Bonchev–Trinajstić information content (AvgIpc) is 2.74. The number of aromatic hydroxyl groups is 2. The Morgan fingerprint density at radius 3 is 2.03 bits per heavy atom. The molecule has 0 heterocycles. The number of ether oxygens (including phenoxy) is 1. The topological polar surface area (TPSA) is 49.7 Å². The number of phenols is 2. The van der Waals surface area contributed by atoms with E-state index in [1.165, 1.54) is 12.1 Å². The van der Waals surface area contributed by atoms with Crippen LogP contribution in [0.2, 0.25) is 0 Å². The Kier molecular flexibility index (Phi) is 6.78. The van der Waals surface area contributed by atoms with Gasteiger partial charge >= 0.3 is 0 Å². The third kappa shape index (κ3) is 4.90. The van der Waals surface area contributed by atoms with Gasteiger partial charge in [-0.1, -0.05) is 37.3 Å². The number of alkyl halides is 1. The molecular weight excluding hydrogens is 391 g/mol. The summed E-state index contributed by atoms with van der Waals surface area (Å²) in [6.45, 7) is 2.42. The van der Waals surface area contributed by atoms with Gasteiger partial charge in [0.2, 0.25) is 0 Å². The molecule has 0 aliphatic carbocycles. The fourth-order valence-corrected chi connectivity index (χ4v) is 3.31. The first-order chi connectivity index (χ1) is 14.0. The van der Waals surface area contributed by atoms with E-state index in [0.29, 0.717) is 30.2 Å². The number of hydrogen-bond donors (Lipinski definition) is 2. The van der Waals surface area contributed by atoms with Crippen molar-refractivity contribution in [2.75, 3.05) is 12.5 Å². The van der Waals surface area contributed by atoms with Gasteiger partial charge in [0.05, 0.1) is 5.88 Å². The molecule has 5 heteroatoms. The molecule has 0 saturated heterocycles. The smallest absolute Gasteiger partial charge is 0.165 e. The summed E-state index contributed by atoms with van der Waals surface area (Å²) in [5.74, 6) is 0.256. The third-order valence-corrected chi connectivity index (χ3v) is 4.75. The van der Waals surface area contributed by atoms with Crippen LogP contribution in [0.1, 0.15) is 30.0 Å². The first kappa shape index (κ1) is 20.7. The van der Waals surface area contributed by atoms with Crippen molar-refractivity contribution >= 4 is 22.7 Å². The summed E-state index contributed by atoms with van der Waals surface area (Å²) in [6, 6.07) is 18.9. The maximum Gasteiger partial charge on any atom is 0.165 e. The van der Waals surface area contributed by atoms with E-state index in [2.05, 4.69) is 0 Å². The standard InChI is InChI=1S/C24H22ClFO3/c1-2-21(18-7-12-23(28)22(26)15-18)24(16-3-8-19(27)9-4-16)17-5-10-20(11-6-17)29-14-13-25/h3-12,15,27-28H,2,13-14H2,1H3/b24-21-. The van der Waals surface area contributed by atoms with Crippen LogP contribution >= 0.6 is 11.6 Å². The Morgan fingerprint density at radius 2 is 1.48 bits per heavy atom. The van der Waals surface area contributed by atoms with Gasteiger partial charge in [0.25, 0.3) is 0 Å². The predicted octanol–water partition coefficient (Wildman–Crippen LogP) is 6.22. The molecule has 3 nitrogen and oxygen atoms in total. The molecule has 3 aromatic rings. The van der Waals surface area contributed by atoms with E-state index >= 15 is 0 Å². The summed E-state index contributed by atoms with van der Waals surface area (Å²) in [5.41, 5.74) is 4.35. The first-order valence-electron chi connectivity index (χ1n) is 9.34. The second-order valence-electron chi connectivity index (χ2n) is 6.48. The molecule has 0 radical (unpaired) electrons. The van der Waals surface area contributed by atoms with Crippen molar-refractivity contribution < 1.29 is 19.3 Å². The SMILES string of the molecule is CC/C(=C(\c1ccc(O)cc1)c1ccc(OCCCl)cc1)c1ccc(O)c(F)c1. The summed E-state index contributed by atoms with van der Waals surface area (Å²) < 4.78 is 19.6. The summed E-state index contributed by atoms with van der Waals surface area (Å²) in [7, 11) is 0. The Hall–Kier alpha value is -2.98. The minimum atomic E-state index is -0.664. The Balaban J connectivity index is 2.17. The van der Waals surface area contributed by atoms with Crippen LogP contribution in [0.4, 0.5) is 4.39 Å². The largest absolute Gasteiger partial charge is 0.508 e. The zero-order valence-corrected chi connectivity index (χ0v) is 16.8. The van der Waals surface area contributed by atoms with Crippen LogP contribution in [0.15, 0.2) is 66.7 Å². The van der Waals surface area contributed by atoms with Crippen molar-refractivity contribution in [1.29, 1.82) is 0 Å². The molecule has 3 aromatic carbocycles. The molecule has 0 amide bonds. The summed E-state index contributed by atoms with van der Waals surface area (Å²) >= 11 is 5.68. The van der Waals surface area contributed by atoms with Gasteiger partial charge in [0.15, 0.2) is 11.6 Å². The van der Waals surface area contributed by atoms with Crippen molar-refractivity contribution in [2.45, 2.75) is 13.3 Å². The molecule has 0 aliphatic heterocycles. The van der Waals surface area contributed by atoms with Crippen LogP contribution in [0.5, 0.6) is 17.2 Å². The lowest BCUT2D eigenvalue weighted by Gasteiger charge is -2.17. The second kappa shape index (κ2) is 9.48. The van der Waals surface area contributed by atoms with Crippen LogP contribution in [-0.4, -0.2) is 22.7 Å². The van der Waals surface area contributed by atoms with E-state index in [1.807, 2.05) is 43.3 Å². The van der Waals surface area contributed by atoms with Gasteiger partial charge in [0, 0.05) is 0 Å². The second-order valence-corrected chi connectivity index (χ2v) is 6.86. The van der Waals surface area contributed by atoms with Gasteiger partial charge in [-0.2, -0.15) is 0 Å². The fraction of sp³-hybridized carbons (Fsp3) is 0.167. The third-order valence-electron chi connectivity index (χ3n) is 4.60. The lowest BCUT2D eigenvalue weighted by molar-refractivity contribution is 0.343. The molecule has 0 aromatic heterocycles. The van der Waals surface area contributed by atoms with Crippen molar-refractivity contribution in [2.24, 2.45) is 0 Å². The number of allylic oxidation sites excluding steroid dienone is 1. The van der Waals surface area contributed by atoms with Gasteiger partial charge in [-0.05, 0) is 70.7 Å². The van der Waals surface area contributed by atoms with Crippen LogP contribution in [0, 0.1) is 5.82 Å². The van der Waals surface area contributed by atoms with E-state index in [1.54, 1.807) is 18.2 Å². The van der Waals surface area contributed by atoms with E-state index in [9.17, 15) is 14.6 Å². The molecule has 0 saturated carbocycles. The van der Waals surface area contributed by atoms with E-state index in [4.69, 9.17) is 16.3 Å². The number of halogens is 2. The van der Waals surface area contributed by atoms with Gasteiger partial charge in [-0.25, -0.2) is 4.39 Å². The van der Waals surface area contributed by atoms with Gasteiger partial charge in [-0.15, -0.1) is 11.6 Å². The lowest BCUT2D eigenvalue weighted by Crippen LogP contribution is -1.99. The molecule has 29 heavy (non-hydrogen) atoms. The molecule has 0 atom stereocenters. The van der Waals surface area contributed by atoms with Crippen LogP contribution in [-0.2, 0) is 0 Å². The zero-order valence-electron chi connectivity index (χ0n) is 16.0. The predicted molar refractivity (Wildman–Crippen MR) is 115 cm³/mol. The highest BCUT2D eigenvalue weighted by molar-refractivity contribution is 6.18. The number of hydrogen-bond acceptors (Lipinski definition) is 3. The van der Waals surface area contributed by atoms with Crippen molar-refractivity contribution in [3.8, 4) is 17.2 Å². The van der Waals surface area contributed by atoms with Crippen LogP contribution < -0.4 is 4.74 Å². The molecule has 3 rings (SSSR count). The van der Waals surface area contributed by atoms with Crippen molar-refractivity contribution in [1.82, 2.24) is 0 Å². The summed E-state index contributed by atoms with van der Waals surface area (Å²) in [5, 5.41) is 19.2. The number of rotatable bonds is 7. The summed E-state index contributed by atoms with van der Waals surface area (Å²) in [6.07, 6.45) is 0.644. The monoisotopic (exact) mass is 412 g/mol. The van der Waals surface area contributed by atoms with Gasteiger partial charge in [0.1, 0.15) is 18.1 Å². The summed E-state index contributed by atoms with van der Waals surface area (Å²) in [4.78, 5) is 0. The minimum Gasteiger partial charge on any atom is -0.508 e. The molecule has 0 fully saturated rings. The average molecular weight is 413 g/mol. The minimum absolute atomic E-state index is 0.173. The Bertz CT molecular complexity index is 996. The van der Waals surface area contributed by atoms with E-state index < -0.39 is 5.82 Å². The lowest BCUT2D eigenvalue weighted by atomic mass is 9.88. The molecule has 0 spiro atoms. The normalized spacial score (nSPS) is 11.8. The van der Waals surface area contributed by atoms with Gasteiger partial charge in [-0.3, -0.25) is 0 Å². The van der Waals surface area contributed by atoms with Crippen LogP contribution in [0.25, 0.3) is 11.1 Å². The molecule has 0 aliphatic rings. The maximum atomic E-state index is 14.0.